The lowest BCUT2D eigenvalue weighted by Crippen LogP contribution is -2.34. The molecule has 1 aromatic carbocycles. The minimum Gasteiger partial charge on any atom is -0.478 e. The van der Waals surface area contributed by atoms with Crippen LogP contribution < -0.4 is 5.32 Å². The van der Waals surface area contributed by atoms with E-state index in [0.29, 0.717) is 23.2 Å². The van der Waals surface area contributed by atoms with Crippen LogP contribution in [0.25, 0.3) is 0 Å². The van der Waals surface area contributed by atoms with E-state index in [9.17, 15) is 14.7 Å². The van der Waals surface area contributed by atoms with Gasteiger partial charge in [-0.05, 0) is 47.5 Å². The summed E-state index contributed by atoms with van der Waals surface area (Å²) in [5, 5.41) is 21.3. The number of aliphatic hydroxyl groups is 1. The van der Waals surface area contributed by atoms with Gasteiger partial charge >= 0.3 is 12.0 Å². The van der Waals surface area contributed by atoms with Crippen molar-refractivity contribution in [3.8, 4) is 0 Å². The van der Waals surface area contributed by atoms with Gasteiger partial charge in [-0.25, -0.2) is 9.59 Å². The number of urea groups is 1. The second-order valence-corrected chi connectivity index (χ2v) is 6.02. The van der Waals surface area contributed by atoms with Crippen molar-refractivity contribution in [2.75, 3.05) is 18.4 Å². The Bertz CT molecular complexity index is 562. The first-order valence-electron chi connectivity index (χ1n) is 6.65. The zero-order valence-corrected chi connectivity index (χ0v) is 13.1. The summed E-state index contributed by atoms with van der Waals surface area (Å²) in [6.45, 7) is 2.81. The van der Waals surface area contributed by atoms with Crippen molar-refractivity contribution in [3.63, 3.8) is 0 Å². The largest absolute Gasteiger partial charge is 0.478 e. The highest BCUT2D eigenvalue weighted by Gasteiger charge is 2.29. The van der Waals surface area contributed by atoms with Gasteiger partial charge in [-0.15, -0.1) is 0 Å². The Labute approximate surface area is 130 Å². The third kappa shape index (κ3) is 3.74. The summed E-state index contributed by atoms with van der Waals surface area (Å²) in [5.41, 5.74) is 0.525. The topological polar surface area (TPSA) is 89.9 Å². The van der Waals surface area contributed by atoms with E-state index in [-0.39, 0.29) is 17.5 Å². The number of hydrogen-bond donors (Lipinski definition) is 3. The van der Waals surface area contributed by atoms with Gasteiger partial charge in [-0.2, -0.15) is 0 Å². The van der Waals surface area contributed by atoms with E-state index in [4.69, 9.17) is 5.11 Å². The monoisotopic (exact) mass is 356 g/mol. The molecule has 0 saturated carbocycles. The highest BCUT2D eigenvalue weighted by atomic mass is 79.9. The Kier molecular flexibility index (Phi) is 4.84. The Morgan fingerprint density at radius 1 is 1.48 bits per heavy atom. The van der Waals surface area contributed by atoms with Gasteiger partial charge in [0, 0.05) is 29.2 Å². The quantitative estimate of drug-likeness (QED) is 0.775. The van der Waals surface area contributed by atoms with Crippen LogP contribution in [0, 0.1) is 5.92 Å². The smallest absolute Gasteiger partial charge is 0.336 e. The molecule has 6 nitrogen and oxygen atoms in total. The van der Waals surface area contributed by atoms with Crippen LogP contribution >= 0.6 is 15.9 Å². The van der Waals surface area contributed by atoms with E-state index in [1.54, 1.807) is 24.0 Å². The predicted octanol–water partition coefficient (Wildman–Crippen LogP) is 2.38. The number of benzene rings is 1. The van der Waals surface area contributed by atoms with Gasteiger partial charge in [0.2, 0.25) is 0 Å². The molecule has 0 aromatic heterocycles. The minimum absolute atomic E-state index is 0.0928. The van der Waals surface area contributed by atoms with Crippen LogP contribution in [0.1, 0.15) is 23.7 Å². The summed E-state index contributed by atoms with van der Waals surface area (Å²) in [6, 6.07) is 4.35. The van der Waals surface area contributed by atoms with Crippen molar-refractivity contribution in [3.05, 3.63) is 28.2 Å². The van der Waals surface area contributed by atoms with Gasteiger partial charge in [-0.3, -0.25) is 0 Å². The second kappa shape index (κ2) is 6.44. The number of halogens is 1. The molecule has 0 aliphatic carbocycles. The fraction of sp³-hybridized carbons (Fsp3) is 0.429. The summed E-state index contributed by atoms with van der Waals surface area (Å²) in [7, 11) is 0. The maximum Gasteiger partial charge on any atom is 0.336 e. The minimum atomic E-state index is -1.06. The molecule has 2 rings (SSSR count). The molecule has 1 saturated heterocycles. The fourth-order valence-electron chi connectivity index (χ4n) is 2.33. The average Bonchev–Trinajstić information content (AvgIpc) is 2.90. The van der Waals surface area contributed by atoms with Crippen LogP contribution in [0.3, 0.4) is 0 Å². The molecule has 1 aliphatic heterocycles. The van der Waals surface area contributed by atoms with E-state index in [1.807, 2.05) is 0 Å². The molecule has 1 heterocycles. The lowest BCUT2D eigenvalue weighted by Gasteiger charge is -2.18. The SMILES string of the molecule is CC(O)C1CCN(C(=O)Nc2ccc(Br)c(C(=O)O)c2)C1. The molecule has 2 amide bonds. The first-order chi connectivity index (χ1) is 9.88. The third-order valence-corrected chi connectivity index (χ3v) is 4.33. The van der Waals surface area contributed by atoms with Crippen LogP contribution in [-0.4, -0.2) is 46.3 Å². The third-order valence-electron chi connectivity index (χ3n) is 3.64. The van der Waals surface area contributed by atoms with Crippen molar-refractivity contribution in [2.45, 2.75) is 19.4 Å². The summed E-state index contributed by atoms with van der Waals surface area (Å²) in [5.74, 6) is -0.969. The number of carbonyl (C=O) groups excluding carboxylic acids is 1. The van der Waals surface area contributed by atoms with Crippen LogP contribution in [0.15, 0.2) is 22.7 Å². The van der Waals surface area contributed by atoms with Gasteiger partial charge in [0.05, 0.1) is 11.7 Å². The lowest BCUT2D eigenvalue weighted by molar-refractivity contribution is 0.0696. The average molecular weight is 357 g/mol. The summed E-state index contributed by atoms with van der Waals surface area (Å²) < 4.78 is 0.461. The zero-order chi connectivity index (χ0) is 15.6. The molecule has 21 heavy (non-hydrogen) atoms. The number of likely N-dealkylation sites (tertiary alicyclic amines) is 1. The number of nitrogens with zero attached hydrogens (tertiary/aromatic N) is 1. The first-order valence-corrected chi connectivity index (χ1v) is 7.44. The van der Waals surface area contributed by atoms with E-state index in [2.05, 4.69) is 21.2 Å². The Morgan fingerprint density at radius 2 is 2.19 bits per heavy atom. The van der Waals surface area contributed by atoms with Crippen molar-refractivity contribution in [2.24, 2.45) is 5.92 Å². The van der Waals surface area contributed by atoms with Crippen LogP contribution in [0.4, 0.5) is 10.5 Å². The number of carboxylic acids is 1. The number of carboxylic acid groups (broad SMARTS) is 1. The number of aliphatic hydroxyl groups excluding tert-OH is 1. The van der Waals surface area contributed by atoms with Gasteiger partial charge in [0.15, 0.2) is 0 Å². The molecule has 1 fully saturated rings. The fourth-order valence-corrected chi connectivity index (χ4v) is 2.75. The predicted molar refractivity (Wildman–Crippen MR) is 81.5 cm³/mol. The molecule has 3 N–H and O–H groups in total. The number of hydrogen-bond acceptors (Lipinski definition) is 3. The van der Waals surface area contributed by atoms with E-state index >= 15 is 0 Å². The molecule has 0 spiro atoms. The van der Waals surface area contributed by atoms with Gasteiger partial charge in [0.1, 0.15) is 0 Å². The highest BCUT2D eigenvalue weighted by molar-refractivity contribution is 9.10. The summed E-state index contributed by atoms with van der Waals surface area (Å²) >= 11 is 3.16. The Morgan fingerprint density at radius 3 is 2.76 bits per heavy atom. The van der Waals surface area contributed by atoms with Crippen LogP contribution in [-0.2, 0) is 0 Å². The molecule has 2 unspecified atom stereocenters. The number of anilines is 1. The van der Waals surface area contributed by atoms with Crippen molar-refractivity contribution in [1.82, 2.24) is 4.90 Å². The van der Waals surface area contributed by atoms with Gasteiger partial charge in [-0.1, -0.05) is 0 Å². The molecular formula is C14H17BrN2O4. The van der Waals surface area contributed by atoms with Gasteiger partial charge < -0.3 is 20.4 Å². The lowest BCUT2D eigenvalue weighted by atomic mass is 10.0. The van der Waals surface area contributed by atoms with Crippen molar-refractivity contribution < 1.29 is 19.8 Å². The molecule has 1 aliphatic rings. The van der Waals surface area contributed by atoms with Crippen LogP contribution in [0.5, 0.6) is 0 Å². The zero-order valence-electron chi connectivity index (χ0n) is 11.5. The first kappa shape index (κ1) is 15.8. The maximum absolute atomic E-state index is 12.1. The molecule has 2 atom stereocenters. The Hall–Kier alpha value is -1.60. The van der Waals surface area contributed by atoms with Crippen molar-refractivity contribution in [1.29, 1.82) is 0 Å². The standard InChI is InChI=1S/C14H17BrN2O4/c1-8(18)9-4-5-17(7-9)14(21)16-10-2-3-12(15)11(6-10)13(19)20/h2-3,6,8-9,18H,4-5,7H2,1H3,(H,16,21)(H,19,20). The summed E-state index contributed by atoms with van der Waals surface area (Å²) in [4.78, 5) is 24.8. The van der Waals surface area contributed by atoms with E-state index < -0.39 is 12.1 Å². The Balaban J connectivity index is 2.04. The van der Waals surface area contributed by atoms with Crippen molar-refractivity contribution >= 4 is 33.6 Å². The number of amides is 2. The number of rotatable bonds is 3. The van der Waals surface area contributed by atoms with Gasteiger partial charge in [0.25, 0.3) is 0 Å². The van der Waals surface area contributed by atoms with E-state index in [1.165, 1.54) is 6.07 Å². The number of aromatic carboxylic acids is 1. The second-order valence-electron chi connectivity index (χ2n) is 5.17. The molecule has 7 heteroatoms. The highest BCUT2D eigenvalue weighted by Crippen LogP contribution is 2.23. The normalized spacial score (nSPS) is 19.4. The molecular weight excluding hydrogens is 340 g/mol. The molecule has 1 aromatic rings. The maximum atomic E-state index is 12.1. The summed E-state index contributed by atoms with van der Waals surface area (Å²) in [6.07, 6.45) is 0.334. The number of nitrogens with one attached hydrogen (secondary N) is 1. The number of carbonyl (C=O) groups is 2. The van der Waals surface area contributed by atoms with Crippen LogP contribution in [0.2, 0.25) is 0 Å². The van der Waals surface area contributed by atoms with E-state index in [0.717, 1.165) is 6.42 Å². The molecule has 0 bridgehead atoms. The molecule has 0 radical (unpaired) electrons. The molecule has 114 valence electrons.